The number of carbonyl (C=O) groups excluding carboxylic acids is 2. The van der Waals surface area contributed by atoms with Crippen molar-refractivity contribution in [2.45, 2.75) is 31.8 Å². The number of hydrogen-bond acceptors (Lipinski definition) is 5. The van der Waals surface area contributed by atoms with Crippen molar-refractivity contribution in [3.8, 4) is 5.75 Å². The molecule has 2 aromatic carbocycles. The van der Waals surface area contributed by atoms with Crippen LogP contribution in [0.25, 0.3) is 0 Å². The predicted molar refractivity (Wildman–Crippen MR) is 103 cm³/mol. The molecule has 4 rings (SSSR count). The van der Waals surface area contributed by atoms with Gasteiger partial charge in [-0.05, 0) is 55.2 Å². The summed E-state index contributed by atoms with van der Waals surface area (Å²) in [6.45, 7) is 1.52. The van der Waals surface area contributed by atoms with Gasteiger partial charge in [0.2, 0.25) is 5.91 Å². The number of carbonyl (C=O) groups is 2. The number of nitrogens with one attached hydrogen (secondary N) is 3. The minimum Gasteiger partial charge on any atom is -0.497 e. The third-order valence-electron chi connectivity index (χ3n) is 5.50. The third-order valence-corrected chi connectivity index (χ3v) is 5.50. The Bertz CT molecular complexity index is 896. The Morgan fingerprint density at radius 2 is 2.00 bits per heavy atom. The fourth-order valence-corrected chi connectivity index (χ4v) is 4.07. The first kappa shape index (κ1) is 17.7. The molecular weight excluding hydrogens is 342 g/mol. The molecule has 140 valence electrons. The van der Waals surface area contributed by atoms with Crippen molar-refractivity contribution in [2.75, 3.05) is 12.4 Å². The molecule has 0 bridgehead atoms. The quantitative estimate of drug-likeness (QED) is 0.726. The number of Topliss-reactive ketones (excluding diaryl/α,β-unsaturated/α-hetero) is 1. The van der Waals surface area contributed by atoms with Crippen molar-refractivity contribution in [3.05, 3.63) is 59.2 Å². The third kappa shape index (κ3) is 3.34. The van der Waals surface area contributed by atoms with E-state index in [1.165, 1.54) is 18.1 Å². The van der Waals surface area contributed by atoms with E-state index in [4.69, 9.17) is 4.74 Å². The average Bonchev–Trinajstić information content (AvgIpc) is 3.12. The number of ketones is 1. The Balaban J connectivity index is 1.50. The van der Waals surface area contributed by atoms with Crippen molar-refractivity contribution in [2.24, 2.45) is 5.92 Å². The predicted octanol–water partition coefficient (Wildman–Crippen LogP) is 2.62. The number of anilines is 1. The second-order valence-electron chi connectivity index (χ2n) is 7.14. The fraction of sp³-hybridized carbons (Fsp3) is 0.333. The van der Waals surface area contributed by atoms with Crippen LogP contribution in [0.5, 0.6) is 5.75 Å². The van der Waals surface area contributed by atoms with Gasteiger partial charge in [0.15, 0.2) is 5.78 Å². The molecule has 1 saturated heterocycles. The molecule has 0 aromatic heterocycles. The molecule has 1 heterocycles. The number of methoxy groups -OCH3 is 1. The Hall–Kier alpha value is -2.70. The van der Waals surface area contributed by atoms with E-state index >= 15 is 0 Å². The monoisotopic (exact) mass is 365 g/mol. The molecule has 6 heteroatoms. The maximum absolute atomic E-state index is 12.8. The van der Waals surface area contributed by atoms with Gasteiger partial charge < -0.3 is 10.1 Å². The second kappa shape index (κ2) is 7.13. The number of fused-ring (bicyclic) bond motifs is 3. The average molecular weight is 365 g/mol. The zero-order valence-electron chi connectivity index (χ0n) is 15.4. The molecule has 27 heavy (non-hydrogen) atoms. The van der Waals surface area contributed by atoms with Crippen LogP contribution in [0.15, 0.2) is 42.5 Å². The molecule has 0 spiro atoms. The molecule has 1 aliphatic heterocycles. The van der Waals surface area contributed by atoms with Crippen molar-refractivity contribution >= 4 is 17.4 Å². The van der Waals surface area contributed by atoms with Crippen molar-refractivity contribution in [1.29, 1.82) is 0 Å². The Morgan fingerprint density at radius 3 is 2.78 bits per heavy atom. The summed E-state index contributed by atoms with van der Waals surface area (Å²) in [6, 6.07) is 12.9. The molecule has 2 aromatic rings. The number of ether oxygens (including phenoxy) is 1. The SMILES string of the molecule is COc1ccc2c(c1)CCC1C(C(=O)Nc3cccc(C(C)=O)c3)NNC21. The number of rotatable bonds is 4. The first-order valence-electron chi connectivity index (χ1n) is 9.16. The van der Waals surface area contributed by atoms with Gasteiger partial charge in [0.25, 0.3) is 0 Å². The number of hydrazine groups is 1. The normalized spacial score (nSPS) is 23.3. The lowest BCUT2D eigenvalue weighted by atomic mass is 9.77. The molecule has 2 aliphatic rings. The van der Waals surface area contributed by atoms with E-state index in [0.29, 0.717) is 11.3 Å². The first-order chi connectivity index (χ1) is 13.1. The summed E-state index contributed by atoms with van der Waals surface area (Å²) < 4.78 is 5.32. The first-order valence-corrected chi connectivity index (χ1v) is 9.16. The summed E-state index contributed by atoms with van der Waals surface area (Å²) in [5.41, 5.74) is 10.2. The van der Waals surface area contributed by atoms with E-state index < -0.39 is 0 Å². The minimum absolute atomic E-state index is 0.0221. The van der Waals surface area contributed by atoms with E-state index in [1.807, 2.05) is 6.07 Å². The molecule has 3 N–H and O–H groups in total. The maximum Gasteiger partial charge on any atom is 0.243 e. The van der Waals surface area contributed by atoms with E-state index in [9.17, 15) is 9.59 Å². The highest BCUT2D eigenvalue weighted by Gasteiger charge is 2.43. The van der Waals surface area contributed by atoms with Gasteiger partial charge in [-0.1, -0.05) is 18.2 Å². The standard InChI is InChI=1S/C21H23N3O3/c1-12(25)13-4-3-5-15(10-13)22-21(26)20-18-8-6-14-11-16(27-2)7-9-17(14)19(18)23-24-20/h3-5,7,9-11,18-20,23-24H,6,8H2,1-2H3,(H,22,26). The van der Waals surface area contributed by atoms with E-state index in [2.05, 4.69) is 28.3 Å². The van der Waals surface area contributed by atoms with Crippen LogP contribution in [-0.4, -0.2) is 24.8 Å². The molecular formula is C21H23N3O3. The van der Waals surface area contributed by atoms with E-state index in [-0.39, 0.29) is 29.7 Å². The largest absolute Gasteiger partial charge is 0.497 e. The lowest BCUT2D eigenvalue weighted by Gasteiger charge is -2.29. The zero-order chi connectivity index (χ0) is 19.0. The fourth-order valence-electron chi connectivity index (χ4n) is 4.07. The minimum atomic E-state index is -0.328. The smallest absolute Gasteiger partial charge is 0.243 e. The molecule has 0 saturated carbocycles. The van der Waals surface area contributed by atoms with Crippen LogP contribution in [-0.2, 0) is 11.2 Å². The van der Waals surface area contributed by atoms with Gasteiger partial charge in [-0.15, -0.1) is 0 Å². The van der Waals surface area contributed by atoms with Gasteiger partial charge in [-0.25, -0.2) is 10.9 Å². The van der Waals surface area contributed by atoms with E-state index in [1.54, 1.807) is 31.4 Å². The molecule has 6 nitrogen and oxygen atoms in total. The number of benzene rings is 2. The molecule has 3 atom stereocenters. The van der Waals surface area contributed by atoms with Crippen LogP contribution in [0.3, 0.4) is 0 Å². The van der Waals surface area contributed by atoms with Gasteiger partial charge in [-0.3, -0.25) is 9.59 Å². The van der Waals surface area contributed by atoms with Crippen molar-refractivity contribution in [1.82, 2.24) is 10.9 Å². The summed E-state index contributed by atoms with van der Waals surface area (Å²) in [5.74, 6) is 0.915. The van der Waals surface area contributed by atoms with Crippen LogP contribution in [0.4, 0.5) is 5.69 Å². The molecule has 0 radical (unpaired) electrons. The second-order valence-corrected chi connectivity index (χ2v) is 7.14. The summed E-state index contributed by atoms with van der Waals surface area (Å²) in [7, 11) is 1.67. The van der Waals surface area contributed by atoms with E-state index in [0.717, 1.165) is 18.6 Å². The topological polar surface area (TPSA) is 79.5 Å². The highest BCUT2D eigenvalue weighted by molar-refractivity contribution is 5.98. The lowest BCUT2D eigenvalue weighted by Crippen LogP contribution is -2.42. The van der Waals surface area contributed by atoms with Crippen molar-refractivity contribution in [3.63, 3.8) is 0 Å². The summed E-state index contributed by atoms with van der Waals surface area (Å²) in [4.78, 5) is 24.4. The van der Waals surface area contributed by atoms with Gasteiger partial charge in [-0.2, -0.15) is 0 Å². The molecule has 1 amide bonds. The highest BCUT2D eigenvalue weighted by Crippen LogP contribution is 2.40. The summed E-state index contributed by atoms with van der Waals surface area (Å²) in [6.07, 6.45) is 1.83. The van der Waals surface area contributed by atoms with Crippen molar-refractivity contribution < 1.29 is 14.3 Å². The lowest BCUT2D eigenvalue weighted by molar-refractivity contribution is -0.118. The van der Waals surface area contributed by atoms with Gasteiger partial charge >= 0.3 is 0 Å². The Kier molecular flexibility index (Phi) is 4.68. The van der Waals surface area contributed by atoms with Crippen LogP contribution in [0.2, 0.25) is 0 Å². The number of hydrogen-bond donors (Lipinski definition) is 3. The summed E-state index contributed by atoms with van der Waals surface area (Å²) >= 11 is 0. The van der Waals surface area contributed by atoms with Crippen LogP contribution >= 0.6 is 0 Å². The number of aryl methyl sites for hydroxylation is 1. The maximum atomic E-state index is 12.8. The van der Waals surface area contributed by atoms with Crippen LogP contribution in [0.1, 0.15) is 40.9 Å². The molecule has 3 unspecified atom stereocenters. The zero-order valence-corrected chi connectivity index (χ0v) is 15.4. The Labute approximate surface area is 158 Å². The van der Waals surface area contributed by atoms with Crippen LogP contribution < -0.4 is 20.9 Å². The number of amides is 1. The van der Waals surface area contributed by atoms with Crippen LogP contribution in [0, 0.1) is 5.92 Å². The van der Waals surface area contributed by atoms with Gasteiger partial charge in [0, 0.05) is 17.2 Å². The van der Waals surface area contributed by atoms with Gasteiger partial charge in [0.05, 0.1) is 13.2 Å². The molecule has 1 fully saturated rings. The Morgan fingerprint density at radius 1 is 1.15 bits per heavy atom. The summed E-state index contributed by atoms with van der Waals surface area (Å²) in [5, 5.41) is 2.94. The van der Waals surface area contributed by atoms with Gasteiger partial charge in [0.1, 0.15) is 11.8 Å². The molecule has 1 aliphatic carbocycles. The highest BCUT2D eigenvalue weighted by atomic mass is 16.5.